The molecule has 3 heteroatoms. The van der Waals surface area contributed by atoms with Crippen LogP contribution in [0.15, 0.2) is 60.7 Å². The predicted octanol–water partition coefficient (Wildman–Crippen LogP) is 5.73. The zero-order valence-corrected chi connectivity index (χ0v) is 13.6. The van der Waals surface area contributed by atoms with Crippen molar-refractivity contribution in [1.29, 1.82) is 0 Å². The molecule has 0 spiro atoms. The van der Waals surface area contributed by atoms with E-state index in [4.69, 9.17) is 0 Å². The van der Waals surface area contributed by atoms with Crippen LogP contribution in [0.4, 0.5) is 13.2 Å². The van der Waals surface area contributed by atoms with Gasteiger partial charge in [0.25, 0.3) is 0 Å². The van der Waals surface area contributed by atoms with Gasteiger partial charge in [-0.05, 0) is 53.9 Å². The highest BCUT2D eigenvalue weighted by Crippen LogP contribution is 2.26. The van der Waals surface area contributed by atoms with Crippen LogP contribution in [0.2, 0.25) is 0 Å². The third-order valence-corrected chi connectivity index (χ3v) is 3.94. The Morgan fingerprint density at radius 2 is 1.40 bits per heavy atom. The van der Waals surface area contributed by atoms with Crippen LogP contribution in [0, 0.1) is 29.3 Å². The largest absolute Gasteiger partial charge is 0.207 e. The van der Waals surface area contributed by atoms with Crippen LogP contribution in [0.5, 0.6) is 0 Å². The fraction of sp³-hybridized carbons (Fsp3) is 0.0909. The van der Waals surface area contributed by atoms with E-state index in [9.17, 15) is 13.2 Å². The average Bonchev–Trinajstić information content (AvgIpc) is 2.64. The van der Waals surface area contributed by atoms with Gasteiger partial charge in [0.2, 0.25) is 0 Å². The molecule has 0 amide bonds. The second-order valence-electron chi connectivity index (χ2n) is 5.60. The zero-order valence-electron chi connectivity index (χ0n) is 13.6. The smallest absolute Gasteiger partial charge is 0.175 e. The lowest BCUT2D eigenvalue weighted by atomic mass is 10.0. The summed E-state index contributed by atoms with van der Waals surface area (Å²) in [6, 6.07) is 15.8. The molecule has 0 fully saturated rings. The van der Waals surface area contributed by atoms with E-state index < -0.39 is 11.6 Å². The summed E-state index contributed by atoms with van der Waals surface area (Å²) in [7, 11) is 0. The second kappa shape index (κ2) is 7.27. The lowest BCUT2D eigenvalue weighted by Gasteiger charge is -2.07. The van der Waals surface area contributed by atoms with E-state index in [1.807, 2.05) is 19.1 Å². The zero-order chi connectivity index (χ0) is 17.8. The first kappa shape index (κ1) is 16.9. The van der Waals surface area contributed by atoms with E-state index in [1.165, 1.54) is 36.4 Å². The fourth-order valence-corrected chi connectivity index (χ4v) is 2.46. The van der Waals surface area contributed by atoms with Crippen molar-refractivity contribution < 1.29 is 13.2 Å². The molecule has 0 saturated heterocycles. The van der Waals surface area contributed by atoms with Crippen LogP contribution in [0.1, 0.15) is 23.6 Å². The van der Waals surface area contributed by atoms with E-state index in [0.29, 0.717) is 11.1 Å². The molecule has 0 aromatic heterocycles. The predicted molar refractivity (Wildman–Crippen MR) is 93.6 cm³/mol. The molecule has 0 bridgehead atoms. The molecule has 3 aromatic carbocycles. The van der Waals surface area contributed by atoms with E-state index in [1.54, 1.807) is 12.1 Å². The summed E-state index contributed by atoms with van der Waals surface area (Å²) in [5, 5.41) is 0. The standard InChI is InChI=1S/C22H15F3/c1-2-15-3-8-17(9-4-15)20-14-11-18(21(24)22(20)25)10-5-16-6-12-19(23)13-7-16/h3-4,6-9,11-14H,2H2,1H3. The maximum absolute atomic E-state index is 14.4. The van der Waals surface area contributed by atoms with Crippen LogP contribution >= 0.6 is 0 Å². The summed E-state index contributed by atoms with van der Waals surface area (Å²) in [6.07, 6.45) is 0.884. The molecular formula is C22H15F3. The van der Waals surface area contributed by atoms with Gasteiger partial charge < -0.3 is 0 Å². The molecule has 0 aliphatic heterocycles. The number of aryl methyl sites for hydroxylation is 1. The van der Waals surface area contributed by atoms with E-state index >= 15 is 0 Å². The number of hydrogen-bond donors (Lipinski definition) is 0. The van der Waals surface area contributed by atoms with Crippen molar-refractivity contribution in [2.24, 2.45) is 0 Å². The van der Waals surface area contributed by atoms with Crippen LogP contribution in [-0.4, -0.2) is 0 Å². The van der Waals surface area contributed by atoms with Gasteiger partial charge in [0.1, 0.15) is 5.82 Å². The van der Waals surface area contributed by atoms with Crippen molar-refractivity contribution in [1.82, 2.24) is 0 Å². The maximum atomic E-state index is 14.4. The topological polar surface area (TPSA) is 0 Å². The highest BCUT2D eigenvalue weighted by Gasteiger charge is 2.13. The highest BCUT2D eigenvalue weighted by atomic mass is 19.2. The van der Waals surface area contributed by atoms with Crippen LogP contribution in [0.25, 0.3) is 11.1 Å². The number of halogens is 3. The van der Waals surface area contributed by atoms with Gasteiger partial charge in [0.05, 0.1) is 5.56 Å². The Morgan fingerprint density at radius 1 is 0.720 bits per heavy atom. The third-order valence-electron chi connectivity index (χ3n) is 3.94. The molecular weight excluding hydrogens is 321 g/mol. The van der Waals surface area contributed by atoms with Crippen molar-refractivity contribution >= 4 is 0 Å². The summed E-state index contributed by atoms with van der Waals surface area (Å²) >= 11 is 0. The first-order chi connectivity index (χ1) is 12.1. The lowest BCUT2D eigenvalue weighted by Crippen LogP contribution is -1.94. The minimum atomic E-state index is -0.980. The SMILES string of the molecule is CCc1ccc(-c2ccc(C#Cc3ccc(F)cc3)c(F)c2F)cc1. The molecule has 0 atom stereocenters. The molecule has 0 nitrogen and oxygen atoms in total. The Bertz CT molecular complexity index is 944. The number of benzene rings is 3. The molecule has 25 heavy (non-hydrogen) atoms. The molecule has 0 N–H and O–H groups in total. The van der Waals surface area contributed by atoms with Crippen LogP contribution in [0.3, 0.4) is 0 Å². The van der Waals surface area contributed by atoms with Gasteiger partial charge in [-0.3, -0.25) is 0 Å². The van der Waals surface area contributed by atoms with Crippen LogP contribution in [-0.2, 0) is 6.42 Å². The van der Waals surface area contributed by atoms with E-state index in [2.05, 4.69) is 11.8 Å². The Balaban J connectivity index is 1.94. The lowest BCUT2D eigenvalue weighted by molar-refractivity contribution is 0.509. The molecule has 3 rings (SSSR count). The summed E-state index contributed by atoms with van der Waals surface area (Å²) in [4.78, 5) is 0. The first-order valence-corrected chi connectivity index (χ1v) is 7.93. The molecule has 124 valence electrons. The molecule has 0 heterocycles. The normalized spacial score (nSPS) is 10.2. The minimum Gasteiger partial charge on any atom is -0.207 e. The third kappa shape index (κ3) is 3.75. The van der Waals surface area contributed by atoms with Crippen molar-refractivity contribution in [3.05, 3.63) is 94.8 Å². The first-order valence-electron chi connectivity index (χ1n) is 7.93. The highest BCUT2D eigenvalue weighted by molar-refractivity contribution is 5.66. The van der Waals surface area contributed by atoms with Gasteiger partial charge >= 0.3 is 0 Å². The molecule has 0 unspecified atom stereocenters. The van der Waals surface area contributed by atoms with Crippen molar-refractivity contribution in [3.8, 4) is 23.0 Å². The van der Waals surface area contributed by atoms with Gasteiger partial charge in [-0.25, -0.2) is 13.2 Å². The van der Waals surface area contributed by atoms with Gasteiger partial charge in [-0.2, -0.15) is 0 Å². The van der Waals surface area contributed by atoms with E-state index in [-0.39, 0.29) is 16.9 Å². The van der Waals surface area contributed by atoms with Gasteiger partial charge in [-0.1, -0.05) is 43.0 Å². The minimum absolute atomic E-state index is 0.0317. The quantitative estimate of drug-likeness (QED) is 0.524. The molecule has 0 aliphatic rings. The van der Waals surface area contributed by atoms with Gasteiger partial charge in [0, 0.05) is 11.1 Å². The summed E-state index contributed by atoms with van der Waals surface area (Å²) < 4.78 is 41.6. The van der Waals surface area contributed by atoms with Crippen LogP contribution < -0.4 is 0 Å². The van der Waals surface area contributed by atoms with Crippen molar-refractivity contribution in [3.63, 3.8) is 0 Å². The number of rotatable bonds is 2. The maximum Gasteiger partial charge on any atom is 0.175 e. The Kier molecular flexibility index (Phi) is 4.90. The fourth-order valence-electron chi connectivity index (χ4n) is 2.46. The molecule has 3 aromatic rings. The molecule has 0 saturated carbocycles. The monoisotopic (exact) mass is 336 g/mol. The average molecular weight is 336 g/mol. The van der Waals surface area contributed by atoms with Crippen molar-refractivity contribution in [2.45, 2.75) is 13.3 Å². The Morgan fingerprint density at radius 3 is 2.04 bits per heavy atom. The summed E-state index contributed by atoms with van der Waals surface area (Å²) in [5.74, 6) is 3.03. The van der Waals surface area contributed by atoms with Crippen molar-refractivity contribution in [2.75, 3.05) is 0 Å². The van der Waals surface area contributed by atoms with Gasteiger partial charge in [0.15, 0.2) is 11.6 Å². The van der Waals surface area contributed by atoms with E-state index in [0.717, 1.165) is 12.0 Å². The second-order valence-corrected chi connectivity index (χ2v) is 5.60. The Labute approximate surface area is 145 Å². The molecule has 0 aliphatic carbocycles. The van der Waals surface area contributed by atoms with Gasteiger partial charge in [-0.15, -0.1) is 0 Å². The summed E-state index contributed by atoms with van der Waals surface area (Å²) in [5.41, 5.74) is 2.45. The number of hydrogen-bond acceptors (Lipinski definition) is 0. The summed E-state index contributed by atoms with van der Waals surface area (Å²) in [6.45, 7) is 2.03. The Hall–Kier alpha value is -2.99. The molecule has 0 radical (unpaired) electrons.